The number of allylic oxidation sites excluding steroid dienone is 1. The molecule has 0 heterocycles. The molecule has 3 N–H and O–H groups in total. The van der Waals surface area contributed by atoms with Crippen molar-refractivity contribution in [3.63, 3.8) is 0 Å². The van der Waals surface area contributed by atoms with E-state index in [-0.39, 0.29) is 24.1 Å². The Labute approximate surface area is 96.1 Å². The summed E-state index contributed by atoms with van der Waals surface area (Å²) >= 11 is 0. The Balaban J connectivity index is 1.68. The normalized spacial score (nSPS) is 26.2. The van der Waals surface area contributed by atoms with Crippen LogP contribution in [0.1, 0.15) is 32.1 Å². The predicted octanol–water partition coefficient (Wildman–Crippen LogP) is 1.17. The minimum atomic E-state index is -0.115. The molecule has 2 rings (SSSR count). The number of amides is 2. The predicted molar refractivity (Wildman–Crippen MR) is 62.1 cm³/mol. The van der Waals surface area contributed by atoms with Gasteiger partial charge in [0.1, 0.15) is 0 Å². The second-order valence-electron chi connectivity index (χ2n) is 4.95. The van der Waals surface area contributed by atoms with E-state index in [2.05, 4.69) is 22.8 Å². The number of aliphatic hydroxyl groups is 1. The standard InChI is InChI=1S/C12H20N2O2/c15-9-12(6-7-12)8-13-11(16)14-10-4-2-1-3-5-10/h2,4,10,15H,1,3,5-9H2,(H2,13,14,16). The highest BCUT2D eigenvalue weighted by Gasteiger charge is 2.42. The molecule has 1 fully saturated rings. The van der Waals surface area contributed by atoms with Crippen molar-refractivity contribution in [1.82, 2.24) is 10.6 Å². The summed E-state index contributed by atoms with van der Waals surface area (Å²) in [5.41, 5.74) is -0.0141. The average molecular weight is 224 g/mol. The first-order valence-corrected chi connectivity index (χ1v) is 6.06. The van der Waals surface area contributed by atoms with Gasteiger partial charge in [0.15, 0.2) is 0 Å². The molecule has 0 aromatic carbocycles. The van der Waals surface area contributed by atoms with Crippen LogP contribution in [0.4, 0.5) is 4.79 Å². The molecule has 16 heavy (non-hydrogen) atoms. The summed E-state index contributed by atoms with van der Waals surface area (Å²) in [6.45, 7) is 0.766. The van der Waals surface area contributed by atoms with Gasteiger partial charge in [0.2, 0.25) is 0 Å². The molecule has 1 saturated carbocycles. The summed E-state index contributed by atoms with van der Waals surface area (Å²) in [4.78, 5) is 11.6. The summed E-state index contributed by atoms with van der Waals surface area (Å²) in [7, 11) is 0. The first-order valence-electron chi connectivity index (χ1n) is 6.06. The molecule has 0 aliphatic heterocycles. The van der Waals surface area contributed by atoms with E-state index in [0.717, 1.165) is 32.1 Å². The highest BCUT2D eigenvalue weighted by atomic mass is 16.3. The van der Waals surface area contributed by atoms with Crippen molar-refractivity contribution in [1.29, 1.82) is 0 Å². The Bertz CT molecular complexity index is 285. The van der Waals surface area contributed by atoms with E-state index < -0.39 is 0 Å². The smallest absolute Gasteiger partial charge is 0.315 e. The first-order chi connectivity index (χ1) is 7.74. The van der Waals surface area contributed by atoms with E-state index in [1.54, 1.807) is 0 Å². The van der Waals surface area contributed by atoms with Crippen LogP contribution in [0.5, 0.6) is 0 Å². The maximum atomic E-state index is 11.6. The highest BCUT2D eigenvalue weighted by Crippen LogP contribution is 2.44. The molecule has 0 aromatic heterocycles. The zero-order chi connectivity index (χ0) is 11.4. The molecule has 1 unspecified atom stereocenters. The third kappa shape index (κ3) is 2.98. The van der Waals surface area contributed by atoms with Crippen LogP contribution in [-0.2, 0) is 0 Å². The van der Waals surface area contributed by atoms with Crippen LogP contribution in [0.25, 0.3) is 0 Å². The van der Waals surface area contributed by atoms with E-state index >= 15 is 0 Å². The third-order valence-corrected chi connectivity index (χ3v) is 3.49. The van der Waals surface area contributed by atoms with Crippen molar-refractivity contribution in [3.8, 4) is 0 Å². The largest absolute Gasteiger partial charge is 0.396 e. The van der Waals surface area contributed by atoms with Gasteiger partial charge < -0.3 is 15.7 Å². The summed E-state index contributed by atoms with van der Waals surface area (Å²) in [6, 6.07) is 0.0642. The van der Waals surface area contributed by atoms with Crippen LogP contribution in [-0.4, -0.2) is 30.3 Å². The Kier molecular flexibility index (Phi) is 3.49. The molecular formula is C12H20N2O2. The number of aliphatic hydroxyl groups excluding tert-OH is 1. The number of urea groups is 1. The van der Waals surface area contributed by atoms with E-state index in [1.807, 2.05) is 0 Å². The van der Waals surface area contributed by atoms with Crippen LogP contribution in [0.15, 0.2) is 12.2 Å². The number of carbonyl (C=O) groups excluding carboxylic acids is 1. The number of carbonyl (C=O) groups is 1. The van der Waals surface area contributed by atoms with E-state index in [0.29, 0.717) is 6.54 Å². The molecule has 2 aliphatic carbocycles. The Morgan fingerprint density at radius 1 is 1.50 bits per heavy atom. The van der Waals surface area contributed by atoms with Crippen molar-refractivity contribution in [3.05, 3.63) is 12.2 Å². The molecule has 90 valence electrons. The fourth-order valence-corrected chi connectivity index (χ4v) is 1.99. The lowest BCUT2D eigenvalue weighted by molar-refractivity contribution is 0.202. The molecule has 0 radical (unpaired) electrons. The number of rotatable bonds is 4. The quantitative estimate of drug-likeness (QED) is 0.628. The van der Waals surface area contributed by atoms with Gasteiger partial charge in [0, 0.05) is 18.0 Å². The van der Waals surface area contributed by atoms with E-state index in [9.17, 15) is 4.79 Å². The van der Waals surface area contributed by atoms with Gasteiger partial charge in [-0.2, -0.15) is 0 Å². The van der Waals surface area contributed by atoms with Gasteiger partial charge in [0.25, 0.3) is 0 Å². The summed E-state index contributed by atoms with van der Waals surface area (Å²) in [5, 5.41) is 14.9. The zero-order valence-electron chi connectivity index (χ0n) is 9.54. The summed E-state index contributed by atoms with van der Waals surface area (Å²) in [5.74, 6) is 0. The molecular weight excluding hydrogens is 204 g/mol. The monoisotopic (exact) mass is 224 g/mol. The van der Waals surface area contributed by atoms with Crippen LogP contribution in [0, 0.1) is 5.41 Å². The number of nitrogens with one attached hydrogen (secondary N) is 2. The summed E-state index contributed by atoms with van der Waals surface area (Å²) < 4.78 is 0. The highest BCUT2D eigenvalue weighted by molar-refractivity contribution is 5.74. The fourth-order valence-electron chi connectivity index (χ4n) is 1.99. The van der Waals surface area contributed by atoms with Gasteiger partial charge in [-0.25, -0.2) is 4.79 Å². The van der Waals surface area contributed by atoms with Crippen LogP contribution in [0.2, 0.25) is 0 Å². The SMILES string of the molecule is O=C(NCC1(CO)CC1)NC1C=CCCC1. The Morgan fingerprint density at radius 2 is 2.31 bits per heavy atom. The van der Waals surface area contributed by atoms with Gasteiger partial charge in [-0.1, -0.05) is 12.2 Å². The molecule has 0 saturated heterocycles. The number of hydrogen-bond donors (Lipinski definition) is 3. The molecule has 0 bridgehead atoms. The lowest BCUT2D eigenvalue weighted by Crippen LogP contribution is -2.44. The summed E-state index contributed by atoms with van der Waals surface area (Å²) in [6.07, 6.45) is 9.50. The lowest BCUT2D eigenvalue weighted by atomic mass is 10.0. The number of hydrogen-bond acceptors (Lipinski definition) is 2. The molecule has 2 amide bonds. The van der Waals surface area contributed by atoms with Crippen molar-refractivity contribution < 1.29 is 9.90 Å². The molecule has 0 spiro atoms. The molecule has 4 heteroatoms. The average Bonchev–Trinajstić information content (AvgIpc) is 3.09. The van der Waals surface area contributed by atoms with Crippen molar-refractivity contribution in [2.24, 2.45) is 5.41 Å². The maximum absolute atomic E-state index is 11.6. The maximum Gasteiger partial charge on any atom is 0.315 e. The Morgan fingerprint density at radius 3 is 2.88 bits per heavy atom. The topological polar surface area (TPSA) is 61.4 Å². The van der Waals surface area contributed by atoms with Crippen molar-refractivity contribution >= 4 is 6.03 Å². The second kappa shape index (κ2) is 4.87. The minimum absolute atomic E-state index is 0.0141. The van der Waals surface area contributed by atoms with Gasteiger partial charge in [0.05, 0.1) is 6.61 Å². The zero-order valence-corrected chi connectivity index (χ0v) is 9.54. The second-order valence-corrected chi connectivity index (χ2v) is 4.95. The van der Waals surface area contributed by atoms with E-state index in [1.165, 1.54) is 0 Å². The van der Waals surface area contributed by atoms with Crippen LogP contribution < -0.4 is 10.6 Å². The molecule has 4 nitrogen and oxygen atoms in total. The minimum Gasteiger partial charge on any atom is -0.396 e. The van der Waals surface area contributed by atoms with Crippen LogP contribution >= 0.6 is 0 Å². The Hall–Kier alpha value is -1.03. The molecule has 1 atom stereocenters. The lowest BCUT2D eigenvalue weighted by Gasteiger charge is -2.19. The van der Waals surface area contributed by atoms with Gasteiger partial charge in [-0.3, -0.25) is 0 Å². The third-order valence-electron chi connectivity index (χ3n) is 3.49. The van der Waals surface area contributed by atoms with Crippen molar-refractivity contribution in [2.45, 2.75) is 38.1 Å². The van der Waals surface area contributed by atoms with Crippen molar-refractivity contribution in [2.75, 3.05) is 13.2 Å². The molecule has 2 aliphatic rings. The van der Waals surface area contributed by atoms with Crippen LogP contribution in [0.3, 0.4) is 0 Å². The molecule has 0 aromatic rings. The van der Waals surface area contributed by atoms with Gasteiger partial charge in [-0.15, -0.1) is 0 Å². The van der Waals surface area contributed by atoms with Gasteiger partial charge in [-0.05, 0) is 32.1 Å². The van der Waals surface area contributed by atoms with Gasteiger partial charge >= 0.3 is 6.03 Å². The van der Waals surface area contributed by atoms with E-state index in [4.69, 9.17) is 5.11 Å². The fraction of sp³-hybridized carbons (Fsp3) is 0.750. The first kappa shape index (κ1) is 11.5.